The molecular weight excluding hydrogens is 274 g/mol. The van der Waals surface area contributed by atoms with E-state index in [1.807, 2.05) is 0 Å². The van der Waals surface area contributed by atoms with Crippen LogP contribution in [0.15, 0.2) is 22.7 Å². The monoisotopic (exact) mass is 281 g/mol. The number of H-pyrrole nitrogens is 1. The lowest BCUT2D eigenvalue weighted by atomic mass is 10.1. The van der Waals surface area contributed by atoms with E-state index in [1.165, 1.54) is 6.92 Å². The van der Waals surface area contributed by atoms with E-state index in [0.717, 1.165) is 0 Å². The van der Waals surface area contributed by atoms with Crippen LogP contribution in [-0.2, 0) is 0 Å². The normalized spacial score (nSPS) is 10.6. The molecular formula is C11H8BrNO3. The van der Waals surface area contributed by atoms with E-state index in [4.69, 9.17) is 5.11 Å². The van der Waals surface area contributed by atoms with Gasteiger partial charge in [-0.2, -0.15) is 0 Å². The Hall–Kier alpha value is -1.62. The Morgan fingerprint density at radius 3 is 2.62 bits per heavy atom. The van der Waals surface area contributed by atoms with Crippen LogP contribution >= 0.6 is 15.9 Å². The SMILES string of the molecule is CC(=O)c1cccc2c(Br)c(C(=O)O)[nH]c12. The molecule has 82 valence electrons. The van der Waals surface area contributed by atoms with Crippen molar-refractivity contribution in [1.82, 2.24) is 4.98 Å². The maximum absolute atomic E-state index is 11.4. The Kier molecular flexibility index (Phi) is 2.55. The highest BCUT2D eigenvalue weighted by Crippen LogP contribution is 2.30. The molecule has 1 aromatic carbocycles. The summed E-state index contributed by atoms with van der Waals surface area (Å²) < 4.78 is 0.470. The molecule has 2 N–H and O–H groups in total. The molecule has 1 aromatic heterocycles. The van der Waals surface area contributed by atoms with Crippen LogP contribution in [0.3, 0.4) is 0 Å². The molecule has 0 radical (unpaired) electrons. The van der Waals surface area contributed by atoms with Gasteiger partial charge in [0.1, 0.15) is 5.69 Å². The minimum Gasteiger partial charge on any atom is -0.477 e. The lowest BCUT2D eigenvalue weighted by Crippen LogP contribution is -1.97. The second kappa shape index (κ2) is 3.75. The van der Waals surface area contributed by atoms with Gasteiger partial charge in [-0.15, -0.1) is 0 Å². The Labute approximate surface area is 99.4 Å². The third kappa shape index (κ3) is 1.53. The van der Waals surface area contributed by atoms with Crippen LogP contribution in [0.25, 0.3) is 10.9 Å². The molecule has 0 amide bonds. The Morgan fingerprint density at radius 2 is 2.06 bits per heavy atom. The number of Topliss-reactive ketones (excluding diaryl/α,β-unsaturated/α-hetero) is 1. The maximum Gasteiger partial charge on any atom is 0.353 e. The van der Waals surface area contributed by atoms with Gasteiger partial charge in [0.2, 0.25) is 0 Å². The van der Waals surface area contributed by atoms with E-state index < -0.39 is 5.97 Å². The zero-order valence-corrected chi connectivity index (χ0v) is 9.96. The number of rotatable bonds is 2. The van der Waals surface area contributed by atoms with Crippen LogP contribution < -0.4 is 0 Å². The minimum atomic E-state index is -1.06. The molecule has 0 aliphatic carbocycles. The van der Waals surface area contributed by atoms with Gasteiger partial charge in [-0.25, -0.2) is 4.79 Å². The largest absolute Gasteiger partial charge is 0.477 e. The number of hydrogen-bond acceptors (Lipinski definition) is 2. The second-order valence-corrected chi connectivity index (χ2v) is 4.20. The van der Waals surface area contributed by atoms with E-state index in [2.05, 4.69) is 20.9 Å². The van der Waals surface area contributed by atoms with Gasteiger partial charge in [0, 0.05) is 10.9 Å². The van der Waals surface area contributed by atoms with Gasteiger partial charge in [0.25, 0.3) is 0 Å². The van der Waals surface area contributed by atoms with E-state index in [-0.39, 0.29) is 11.5 Å². The van der Waals surface area contributed by atoms with Crippen molar-refractivity contribution in [2.24, 2.45) is 0 Å². The van der Waals surface area contributed by atoms with E-state index in [1.54, 1.807) is 18.2 Å². The quantitative estimate of drug-likeness (QED) is 0.832. The highest BCUT2D eigenvalue weighted by atomic mass is 79.9. The Morgan fingerprint density at radius 1 is 1.38 bits per heavy atom. The first-order chi connectivity index (χ1) is 7.52. The highest BCUT2D eigenvalue weighted by Gasteiger charge is 2.17. The number of benzene rings is 1. The van der Waals surface area contributed by atoms with Crippen molar-refractivity contribution in [1.29, 1.82) is 0 Å². The van der Waals surface area contributed by atoms with Crippen LogP contribution in [0, 0.1) is 0 Å². The standard InChI is InChI=1S/C11H8BrNO3/c1-5(14)6-3-2-4-7-8(12)10(11(15)16)13-9(6)7/h2-4,13H,1H3,(H,15,16). The molecule has 4 nitrogen and oxygen atoms in total. The molecule has 0 fully saturated rings. The highest BCUT2D eigenvalue weighted by molar-refractivity contribution is 9.10. The number of aromatic nitrogens is 1. The number of fused-ring (bicyclic) bond motifs is 1. The fraction of sp³-hybridized carbons (Fsp3) is 0.0909. The summed E-state index contributed by atoms with van der Waals surface area (Å²) in [4.78, 5) is 25.0. The molecule has 1 heterocycles. The van der Waals surface area contributed by atoms with Gasteiger partial charge >= 0.3 is 5.97 Å². The van der Waals surface area contributed by atoms with Gasteiger partial charge in [-0.1, -0.05) is 12.1 Å². The van der Waals surface area contributed by atoms with Gasteiger partial charge in [-0.05, 0) is 28.9 Å². The van der Waals surface area contributed by atoms with Crippen LogP contribution in [0.2, 0.25) is 0 Å². The first kappa shape index (κ1) is 10.9. The molecule has 0 aliphatic heterocycles. The molecule has 0 aliphatic rings. The number of hydrogen-bond donors (Lipinski definition) is 2. The van der Waals surface area contributed by atoms with Gasteiger partial charge < -0.3 is 10.1 Å². The lowest BCUT2D eigenvalue weighted by molar-refractivity contribution is 0.0690. The smallest absolute Gasteiger partial charge is 0.353 e. The van der Waals surface area contributed by atoms with E-state index in [9.17, 15) is 9.59 Å². The molecule has 0 saturated heterocycles. The molecule has 2 rings (SSSR count). The van der Waals surface area contributed by atoms with Crippen LogP contribution in [0.4, 0.5) is 0 Å². The molecule has 0 atom stereocenters. The minimum absolute atomic E-state index is 0.0590. The molecule has 5 heteroatoms. The Balaban J connectivity index is 2.85. The van der Waals surface area contributed by atoms with Crippen molar-refractivity contribution in [3.05, 3.63) is 33.9 Å². The number of halogens is 1. The molecule has 0 bridgehead atoms. The topological polar surface area (TPSA) is 70.2 Å². The van der Waals surface area contributed by atoms with Crippen molar-refractivity contribution in [2.45, 2.75) is 6.92 Å². The van der Waals surface area contributed by atoms with Crippen LogP contribution in [0.1, 0.15) is 27.8 Å². The fourth-order valence-electron chi connectivity index (χ4n) is 1.63. The number of carbonyl (C=O) groups excluding carboxylic acids is 1. The molecule has 0 unspecified atom stereocenters. The average molecular weight is 282 g/mol. The number of aromatic amines is 1. The van der Waals surface area contributed by atoms with E-state index in [0.29, 0.717) is 20.9 Å². The summed E-state index contributed by atoms with van der Waals surface area (Å²) in [5.41, 5.74) is 1.11. The molecule has 16 heavy (non-hydrogen) atoms. The fourth-order valence-corrected chi connectivity index (χ4v) is 2.22. The zero-order chi connectivity index (χ0) is 11.9. The Bertz CT molecular complexity index is 601. The van der Waals surface area contributed by atoms with Crippen molar-refractivity contribution in [3.63, 3.8) is 0 Å². The zero-order valence-electron chi connectivity index (χ0n) is 8.37. The van der Waals surface area contributed by atoms with Crippen LogP contribution in [-0.4, -0.2) is 21.8 Å². The summed E-state index contributed by atoms with van der Waals surface area (Å²) in [5, 5.41) is 9.65. The summed E-state index contributed by atoms with van der Waals surface area (Å²) in [7, 11) is 0. The van der Waals surface area contributed by atoms with Crippen molar-refractivity contribution in [2.75, 3.05) is 0 Å². The predicted molar refractivity (Wildman–Crippen MR) is 63.0 cm³/mol. The third-order valence-electron chi connectivity index (χ3n) is 2.36. The maximum atomic E-state index is 11.4. The van der Waals surface area contributed by atoms with Crippen LogP contribution in [0.5, 0.6) is 0 Å². The molecule has 0 saturated carbocycles. The number of aromatic carboxylic acids is 1. The summed E-state index contributed by atoms with van der Waals surface area (Å²) in [6.07, 6.45) is 0. The second-order valence-electron chi connectivity index (χ2n) is 3.40. The number of carboxylic acids is 1. The summed E-state index contributed by atoms with van der Waals surface area (Å²) >= 11 is 3.21. The van der Waals surface area contributed by atoms with Gasteiger partial charge in [-0.3, -0.25) is 4.79 Å². The third-order valence-corrected chi connectivity index (χ3v) is 3.19. The average Bonchev–Trinajstić information content (AvgIpc) is 2.56. The molecule has 0 spiro atoms. The van der Waals surface area contributed by atoms with Gasteiger partial charge in [0.15, 0.2) is 5.78 Å². The van der Waals surface area contributed by atoms with E-state index >= 15 is 0 Å². The predicted octanol–water partition coefficient (Wildman–Crippen LogP) is 2.83. The number of para-hydroxylation sites is 1. The molecule has 2 aromatic rings. The van der Waals surface area contributed by atoms with Crippen molar-refractivity contribution < 1.29 is 14.7 Å². The number of carboxylic acid groups (broad SMARTS) is 1. The number of carbonyl (C=O) groups is 2. The van der Waals surface area contributed by atoms with Crippen molar-refractivity contribution >= 4 is 38.6 Å². The number of nitrogens with one attached hydrogen (secondary N) is 1. The van der Waals surface area contributed by atoms with Gasteiger partial charge in [0.05, 0.1) is 9.99 Å². The summed E-state index contributed by atoms with van der Waals surface area (Å²) in [6, 6.07) is 5.15. The summed E-state index contributed by atoms with van der Waals surface area (Å²) in [5.74, 6) is -1.16. The summed E-state index contributed by atoms with van der Waals surface area (Å²) in [6.45, 7) is 1.45. The first-order valence-corrected chi connectivity index (χ1v) is 5.36. The first-order valence-electron chi connectivity index (χ1n) is 4.56. The number of ketones is 1. The lowest BCUT2D eigenvalue weighted by Gasteiger charge is -1.97. The van der Waals surface area contributed by atoms with Crippen molar-refractivity contribution in [3.8, 4) is 0 Å².